The molecule has 2 aliphatic rings. The molecule has 2 aromatic carbocycles. The Bertz CT molecular complexity index is 1010. The fraction of sp³-hybridized carbons (Fsp3) is 0.364. The molecule has 0 bridgehead atoms. The number of nitrogens with zero attached hydrogens (tertiary/aromatic N) is 1. The molecule has 3 aromatic rings. The zero-order chi connectivity index (χ0) is 19.1. The highest BCUT2D eigenvalue weighted by molar-refractivity contribution is 6.31. The van der Waals surface area contributed by atoms with Crippen molar-refractivity contribution in [3.05, 3.63) is 70.1 Å². The fourth-order valence-electron chi connectivity index (χ4n) is 4.46. The molecule has 0 saturated carbocycles. The first kappa shape index (κ1) is 18.1. The van der Waals surface area contributed by atoms with Gasteiger partial charge >= 0.3 is 0 Å². The van der Waals surface area contributed by atoms with Crippen molar-refractivity contribution in [3.8, 4) is 0 Å². The highest BCUT2D eigenvalue weighted by Gasteiger charge is 2.40. The van der Waals surface area contributed by atoms with Crippen molar-refractivity contribution in [3.63, 3.8) is 0 Å². The van der Waals surface area contributed by atoms with Gasteiger partial charge in [0, 0.05) is 40.1 Å². The predicted molar refractivity (Wildman–Crippen MR) is 107 cm³/mol. The van der Waals surface area contributed by atoms with Crippen molar-refractivity contribution in [2.75, 3.05) is 26.3 Å². The fourth-order valence-corrected chi connectivity index (χ4v) is 4.63. The topological polar surface area (TPSA) is 35.4 Å². The van der Waals surface area contributed by atoms with Crippen LogP contribution in [0.15, 0.2) is 42.5 Å². The van der Waals surface area contributed by atoms with E-state index >= 15 is 0 Å². The monoisotopic (exact) mass is 400 g/mol. The van der Waals surface area contributed by atoms with E-state index in [1.54, 1.807) is 12.1 Å². The number of rotatable bonds is 3. The van der Waals surface area contributed by atoms with E-state index in [1.165, 1.54) is 28.8 Å². The number of ether oxygens (including phenoxy) is 2. The first-order valence-electron chi connectivity index (χ1n) is 9.70. The molecule has 5 rings (SSSR count). The van der Waals surface area contributed by atoms with E-state index in [1.807, 2.05) is 6.07 Å². The average Bonchev–Trinajstić information content (AvgIpc) is 3.18. The van der Waals surface area contributed by atoms with Crippen LogP contribution in [0.1, 0.15) is 16.8 Å². The van der Waals surface area contributed by atoms with Crippen LogP contribution in [0.5, 0.6) is 0 Å². The minimum Gasteiger partial charge on any atom is -0.342 e. The highest BCUT2D eigenvalue weighted by atomic mass is 35.5. The summed E-state index contributed by atoms with van der Waals surface area (Å²) in [6.45, 7) is 3.45. The lowest BCUT2D eigenvalue weighted by Gasteiger charge is -2.30. The summed E-state index contributed by atoms with van der Waals surface area (Å²) in [5.74, 6) is -1.18. The summed E-state index contributed by atoms with van der Waals surface area (Å²) >= 11 is 6.31. The summed E-state index contributed by atoms with van der Waals surface area (Å²) in [5.41, 5.74) is 4.61. The molecule has 1 N–H and O–H groups in total. The van der Waals surface area contributed by atoms with Crippen molar-refractivity contribution >= 4 is 22.5 Å². The van der Waals surface area contributed by atoms with Crippen LogP contribution in [0.25, 0.3) is 10.9 Å². The Morgan fingerprint density at radius 2 is 1.79 bits per heavy atom. The maximum Gasteiger partial charge on any atom is 0.213 e. The zero-order valence-electron chi connectivity index (χ0n) is 15.5. The number of hydrogen-bond acceptors (Lipinski definition) is 3. The predicted octanol–water partition coefficient (Wildman–Crippen LogP) is 4.02. The summed E-state index contributed by atoms with van der Waals surface area (Å²) < 4.78 is 28.0. The molecule has 28 heavy (non-hydrogen) atoms. The number of nitrogens with one attached hydrogen (secondary N) is 1. The van der Waals surface area contributed by atoms with Crippen LogP contribution >= 0.6 is 11.6 Å². The standard InChI is InChI=1S/C22H22ClFN2O2/c23-16-3-6-20-19(13-16)18-7-9-25-10-8-21(18)26(20)14-22(27-11-12-28-22)15-1-4-17(24)5-2-15/h1-6,13,25H,7-12,14H2. The molecule has 0 aliphatic carbocycles. The van der Waals surface area contributed by atoms with E-state index in [4.69, 9.17) is 21.1 Å². The smallest absolute Gasteiger partial charge is 0.213 e. The number of fused-ring (bicyclic) bond motifs is 3. The molecule has 3 heterocycles. The van der Waals surface area contributed by atoms with Crippen LogP contribution in [0.3, 0.4) is 0 Å². The van der Waals surface area contributed by atoms with Gasteiger partial charge in [-0.2, -0.15) is 0 Å². The molecular formula is C22H22ClFN2O2. The van der Waals surface area contributed by atoms with Gasteiger partial charge in [0.15, 0.2) is 0 Å². The summed E-state index contributed by atoms with van der Waals surface area (Å²) in [6.07, 6.45) is 1.89. The summed E-state index contributed by atoms with van der Waals surface area (Å²) in [6, 6.07) is 12.5. The van der Waals surface area contributed by atoms with Crippen molar-refractivity contribution in [2.45, 2.75) is 25.2 Å². The second-order valence-electron chi connectivity index (χ2n) is 7.38. The Kier molecular flexibility index (Phi) is 4.63. The first-order chi connectivity index (χ1) is 13.7. The molecule has 0 unspecified atom stereocenters. The van der Waals surface area contributed by atoms with E-state index in [9.17, 15) is 4.39 Å². The molecule has 0 amide bonds. The lowest BCUT2D eigenvalue weighted by atomic mass is 10.0. The van der Waals surface area contributed by atoms with Crippen LogP contribution < -0.4 is 5.32 Å². The largest absolute Gasteiger partial charge is 0.342 e. The summed E-state index contributed by atoms with van der Waals surface area (Å²) in [7, 11) is 0. The molecule has 1 aromatic heterocycles. The molecule has 0 radical (unpaired) electrons. The Balaban J connectivity index is 1.66. The minimum absolute atomic E-state index is 0.266. The molecule has 1 fully saturated rings. The number of aromatic nitrogens is 1. The lowest BCUT2D eigenvalue weighted by molar-refractivity contribution is -0.175. The third-order valence-corrected chi connectivity index (χ3v) is 5.98. The lowest BCUT2D eigenvalue weighted by Crippen LogP contribution is -2.33. The Morgan fingerprint density at radius 1 is 1.04 bits per heavy atom. The SMILES string of the molecule is Fc1ccc(C2(Cn3c4c(c5cc(Cl)ccc53)CCNCC4)OCCO2)cc1. The van der Waals surface area contributed by atoms with E-state index < -0.39 is 5.79 Å². The zero-order valence-corrected chi connectivity index (χ0v) is 16.3. The Hall–Kier alpha value is -1.92. The molecule has 4 nitrogen and oxygen atoms in total. The van der Waals surface area contributed by atoms with Gasteiger partial charge in [0.1, 0.15) is 5.82 Å². The summed E-state index contributed by atoms with van der Waals surface area (Å²) in [4.78, 5) is 0. The molecular weight excluding hydrogens is 379 g/mol. The van der Waals surface area contributed by atoms with Gasteiger partial charge in [-0.05, 0) is 48.9 Å². The third-order valence-electron chi connectivity index (χ3n) is 5.74. The number of benzene rings is 2. The van der Waals surface area contributed by atoms with Crippen molar-refractivity contribution in [2.24, 2.45) is 0 Å². The highest BCUT2D eigenvalue weighted by Crippen LogP contribution is 2.38. The van der Waals surface area contributed by atoms with Gasteiger partial charge in [0.25, 0.3) is 0 Å². The number of halogens is 2. The van der Waals surface area contributed by atoms with Gasteiger partial charge in [-0.25, -0.2) is 4.39 Å². The van der Waals surface area contributed by atoms with Gasteiger partial charge in [0.2, 0.25) is 5.79 Å². The van der Waals surface area contributed by atoms with Crippen LogP contribution in [-0.2, 0) is 34.6 Å². The molecule has 1 saturated heterocycles. The Labute approximate surface area is 168 Å². The third kappa shape index (κ3) is 3.03. The molecule has 0 atom stereocenters. The van der Waals surface area contributed by atoms with E-state index in [2.05, 4.69) is 22.0 Å². The summed E-state index contributed by atoms with van der Waals surface area (Å²) in [5, 5.41) is 5.41. The molecule has 2 aliphatic heterocycles. The minimum atomic E-state index is -0.910. The average molecular weight is 401 g/mol. The van der Waals surface area contributed by atoms with Crippen LogP contribution in [-0.4, -0.2) is 30.9 Å². The second kappa shape index (κ2) is 7.16. The van der Waals surface area contributed by atoms with Gasteiger partial charge in [-0.1, -0.05) is 23.7 Å². The van der Waals surface area contributed by atoms with Crippen LogP contribution in [0.2, 0.25) is 5.02 Å². The van der Waals surface area contributed by atoms with Crippen LogP contribution in [0, 0.1) is 5.82 Å². The maximum absolute atomic E-state index is 13.5. The van der Waals surface area contributed by atoms with Gasteiger partial charge < -0.3 is 19.4 Å². The van der Waals surface area contributed by atoms with E-state index in [0.717, 1.165) is 42.0 Å². The van der Waals surface area contributed by atoms with E-state index in [0.29, 0.717) is 19.8 Å². The van der Waals surface area contributed by atoms with Crippen molar-refractivity contribution in [1.82, 2.24) is 9.88 Å². The van der Waals surface area contributed by atoms with Gasteiger partial charge in [0.05, 0.1) is 19.8 Å². The van der Waals surface area contributed by atoms with E-state index in [-0.39, 0.29) is 5.82 Å². The molecule has 146 valence electrons. The van der Waals surface area contributed by atoms with Crippen molar-refractivity contribution < 1.29 is 13.9 Å². The molecule has 6 heteroatoms. The normalized spacial score (nSPS) is 18.9. The first-order valence-corrected chi connectivity index (χ1v) is 10.1. The van der Waals surface area contributed by atoms with Crippen molar-refractivity contribution in [1.29, 1.82) is 0 Å². The molecule has 0 spiro atoms. The van der Waals surface area contributed by atoms with Gasteiger partial charge in [-0.3, -0.25) is 0 Å². The Morgan fingerprint density at radius 3 is 2.57 bits per heavy atom. The van der Waals surface area contributed by atoms with Gasteiger partial charge in [-0.15, -0.1) is 0 Å². The second-order valence-corrected chi connectivity index (χ2v) is 7.82. The quantitative estimate of drug-likeness (QED) is 0.721. The maximum atomic E-state index is 13.5. The van der Waals surface area contributed by atoms with Crippen LogP contribution in [0.4, 0.5) is 4.39 Å². The number of hydrogen-bond donors (Lipinski definition) is 1.